The van der Waals surface area contributed by atoms with Gasteiger partial charge in [0.05, 0.1) is 25.3 Å². The summed E-state index contributed by atoms with van der Waals surface area (Å²) in [6.07, 6.45) is 9.82. The van der Waals surface area contributed by atoms with E-state index in [9.17, 15) is 19.8 Å². The van der Waals surface area contributed by atoms with Crippen LogP contribution < -0.4 is 9.47 Å². The summed E-state index contributed by atoms with van der Waals surface area (Å²) in [6.45, 7) is 7.01. The molecule has 0 bridgehead atoms. The molecule has 0 spiro atoms. The maximum absolute atomic E-state index is 13.8. The second-order valence-electron chi connectivity index (χ2n) is 15.0. The van der Waals surface area contributed by atoms with Crippen LogP contribution in [0.15, 0.2) is 102 Å². The van der Waals surface area contributed by atoms with Crippen LogP contribution in [0.1, 0.15) is 85.7 Å². The second kappa shape index (κ2) is 19.9. The third-order valence-corrected chi connectivity index (χ3v) is 11.4. The Bertz CT molecular complexity index is 1880. The average molecular weight is 781 g/mol. The minimum Gasteiger partial charge on any atom is -0.459 e. The number of methoxy groups -OCH3 is 1. The van der Waals surface area contributed by atoms with Gasteiger partial charge in [0.1, 0.15) is 36.2 Å². The number of aliphatic hydroxyl groups excluding tert-OH is 2. The van der Waals surface area contributed by atoms with Gasteiger partial charge in [-0.15, -0.1) is 6.58 Å². The molecular formula is C46H56N2O9. The van der Waals surface area contributed by atoms with E-state index in [2.05, 4.69) is 12.7 Å². The lowest BCUT2D eigenvalue weighted by Crippen LogP contribution is -2.70. The van der Waals surface area contributed by atoms with E-state index in [0.29, 0.717) is 54.3 Å². The topological polar surface area (TPSA) is 136 Å². The van der Waals surface area contributed by atoms with Crippen LogP contribution in [0, 0.1) is 17.8 Å². The van der Waals surface area contributed by atoms with E-state index in [1.165, 1.54) is 7.11 Å². The van der Waals surface area contributed by atoms with Crippen molar-refractivity contribution in [1.82, 2.24) is 4.90 Å². The fourth-order valence-electron chi connectivity index (χ4n) is 8.99. The Labute approximate surface area is 335 Å². The molecule has 3 aromatic carbocycles. The lowest BCUT2D eigenvalue weighted by molar-refractivity contribution is -0.255. The quantitative estimate of drug-likeness (QED) is 0.0500. The minimum atomic E-state index is -1.38. The van der Waals surface area contributed by atoms with Gasteiger partial charge in [0.15, 0.2) is 0 Å². The molecule has 0 aromatic heterocycles. The van der Waals surface area contributed by atoms with Gasteiger partial charge >= 0.3 is 6.09 Å². The highest BCUT2D eigenvalue weighted by Gasteiger charge is 2.65. The van der Waals surface area contributed by atoms with Crippen molar-refractivity contribution in [2.24, 2.45) is 22.9 Å². The average Bonchev–Trinajstić information content (AvgIpc) is 3.24. The van der Waals surface area contributed by atoms with E-state index < -0.39 is 23.8 Å². The molecule has 0 radical (unpaired) electrons. The van der Waals surface area contributed by atoms with Gasteiger partial charge in [0.2, 0.25) is 5.79 Å². The van der Waals surface area contributed by atoms with E-state index in [1.54, 1.807) is 29.2 Å². The van der Waals surface area contributed by atoms with Gasteiger partial charge < -0.3 is 34.0 Å². The summed E-state index contributed by atoms with van der Waals surface area (Å²) < 4.78 is 26.0. The molecule has 6 rings (SSSR count). The van der Waals surface area contributed by atoms with E-state index in [4.69, 9.17) is 28.9 Å². The molecule has 1 heterocycles. The number of hydrogen-bond donors (Lipinski definition) is 2. The van der Waals surface area contributed by atoms with Crippen LogP contribution in [0.2, 0.25) is 0 Å². The Kier molecular flexibility index (Phi) is 14.6. The highest BCUT2D eigenvalue weighted by atomic mass is 16.7. The number of unbranched alkanes of at least 4 members (excludes halogenated alkanes) is 2. The molecule has 11 nitrogen and oxygen atoms in total. The fourth-order valence-corrected chi connectivity index (χ4v) is 8.99. The highest BCUT2D eigenvalue weighted by Crippen LogP contribution is 2.62. The molecule has 11 heteroatoms. The van der Waals surface area contributed by atoms with Gasteiger partial charge in [0.25, 0.3) is 0 Å². The lowest BCUT2D eigenvalue weighted by Gasteiger charge is -2.59. The molecule has 304 valence electrons. The SMILES string of the molecule is C=CCO[C@@]12Oc3ccc(Oc4cccc(C=O)c4)cc3[C@H]3[C@H](CCCCO)[C@@H](CCCCO)C=C(C(=NOCc4ccccc4)C[C@@H]1N(CCC)C(=O)OC)[C@H]32. The molecule has 1 amide bonds. The van der Waals surface area contributed by atoms with Crippen LogP contribution in [-0.2, 0) is 20.9 Å². The van der Waals surface area contributed by atoms with Crippen molar-refractivity contribution in [2.45, 2.75) is 82.6 Å². The zero-order valence-corrected chi connectivity index (χ0v) is 33.1. The van der Waals surface area contributed by atoms with Crippen molar-refractivity contribution < 1.29 is 43.6 Å². The Hall–Kier alpha value is -4.97. The number of benzene rings is 3. The second-order valence-corrected chi connectivity index (χ2v) is 15.0. The number of oxime groups is 1. The molecule has 3 aliphatic rings. The van der Waals surface area contributed by atoms with Crippen molar-refractivity contribution in [2.75, 3.05) is 33.5 Å². The van der Waals surface area contributed by atoms with Crippen molar-refractivity contribution in [1.29, 1.82) is 0 Å². The first-order chi connectivity index (χ1) is 27.9. The summed E-state index contributed by atoms with van der Waals surface area (Å²) >= 11 is 0. The van der Waals surface area contributed by atoms with Crippen molar-refractivity contribution in [3.8, 4) is 17.2 Å². The number of aliphatic hydroxyl groups is 2. The van der Waals surface area contributed by atoms with Gasteiger partial charge in [-0.2, -0.15) is 0 Å². The standard InChI is InChI=1S/C46H56N2O9/c1-4-22-48(45(52)53-3)42-29-40(47-55-31-32-14-7-6-8-15-32)38-27-34(17-9-11-23-49)37(19-10-12-24-50)43-39-28-36(56-35-18-13-16-33(26-35)30-51)20-21-41(39)57-46(42,44(38)43)54-25-5-2/h5-8,13-16,18,20-21,26-28,30,34,37,42-44,49-50H,2,4,9-12,17,19,22-25,29,31H2,1,3H3/t34-,37+,42-,43+,44+,46+/m0/s1. The Morgan fingerprint density at radius 1 is 1.00 bits per heavy atom. The molecule has 6 atom stereocenters. The van der Waals surface area contributed by atoms with Crippen molar-refractivity contribution >= 4 is 18.1 Å². The van der Waals surface area contributed by atoms with Gasteiger partial charge in [-0.05, 0) is 85.4 Å². The van der Waals surface area contributed by atoms with Gasteiger partial charge in [-0.1, -0.05) is 79.5 Å². The van der Waals surface area contributed by atoms with Gasteiger partial charge in [-0.25, -0.2) is 4.79 Å². The summed E-state index contributed by atoms with van der Waals surface area (Å²) in [5, 5.41) is 24.6. The molecular weight excluding hydrogens is 725 g/mol. The zero-order chi connectivity index (χ0) is 40.2. The van der Waals surface area contributed by atoms with Crippen molar-refractivity contribution in [3.05, 3.63) is 114 Å². The van der Waals surface area contributed by atoms with Crippen LogP contribution in [0.3, 0.4) is 0 Å². The molecule has 57 heavy (non-hydrogen) atoms. The molecule has 2 aliphatic carbocycles. The van der Waals surface area contributed by atoms with E-state index in [0.717, 1.165) is 48.7 Å². The van der Waals surface area contributed by atoms with Crippen LogP contribution in [0.4, 0.5) is 4.79 Å². The number of aldehydes is 1. The number of fused-ring (bicyclic) bond motifs is 2. The summed E-state index contributed by atoms with van der Waals surface area (Å²) in [4.78, 5) is 33.2. The van der Waals surface area contributed by atoms with Crippen molar-refractivity contribution in [3.63, 3.8) is 0 Å². The maximum atomic E-state index is 13.8. The summed E-state index contributed by atoms with van der Waals surface area (Å²) in [7, 11) is 1.38. The highest BCUT2D eigenvalue weighted by molar-refractivity contribution is 6.03. The van der Waals surface area contributed by atoms with Gasteiger partial charge in [-0.3, -0.25) is 9.69 Å². The van der Waals surface area contributed by atoms with E-state index in [1.807, 2.05) is 61.5 Å². The summed E-state index contributed by atoms with van der Waals surface area (Å²) in [6, 6.07) is 22.0. The zero-order valence-electron chi connectivity index (χ0n) is 33.1. The number of allylic oxidation sites excluding steroid dienone is 1. The number of nitrogens with zero attached hydrogens (tertiary/aromatic N) is 2. The normalized spacial score (nSPS) is 24.0. The number of carbonyl (C=O) groups is 2. The largest absolute Gasteiger partial charge is 0.459 e. The van der Waals surface area contributed by atoms with E-state index >= 15 is 0 Å². The third kappa shape index (κ3) is 9.27. The smallest absolute Gasteiger partial charge is 0.409 e. The van der Waals surface area contributed by atoms with Crippen LogP contribution >= 0.6 is 0 Å². The van der Waals surface area contributed by atoms with Gasteiger partial charge in [0, 0.05) is 43.2 Å². The molecule has 0 saturated heterocycles. The summed E-state index contributed by atoms with van der Waals surface area (Å²) in [5.74, 6) is -0.215. The fraction of sp³-hybridized carbons (Fsp3) is 0.457. The number of amides is 1. The lowest BCUT2D eigenvalue weighted by atomic mass is 9.55. The predicted octanol–water partition coefficient (Wildman–Crippen LogP) is 8.60. The molecule has 1 aliphatic heterocycles. The molecule has 0 unspecified atom stereocenters. The maximum Gasteiger partial charge on any atom is 0.409 e. The third-order valence-electron chi connectivity index (χ3n) is 11.4. The molecule has 3 aromatic rings. The number of rotatable bonds is 20. The molecule has 1 saturated carbocycles. The van der Waals surface area contributed by atoms with E-state index in [-0.39, 0.29) is 50.6 Å². The number of carbonyl (C=O) groups excluding carboxylic acids is 2. The summed E-state index contributed by atoms with van der Waals surface area (Å²) in [5.41, 5.74) is 4.06. The first-order valence-electron chi connectivity index (χ1n) is 20.2. The van der Waals surface area contributed by atoms with Crippen LogP contribution in [-0.4, -0.2) is 78.5 Å². The first kappa shape index (κ1) is 41.7. The Balaban J connectivity index is 1.57. The predicted molar refractivity (Wildman–Crippen MR) is 217 cm³/mol. The number of hydrogen-bond acceptors (Lipinski definition) is 10. The molecule has 2 N–H and O–H groups in total. The monoisotopic (exact) mass is 780 g/mol. The van der Waals surface area contributed by atoms with Crippen LogP contribution in [0.5, 0.6) is 17.2 Å². The minimum absolute atomic E-state index is 0.0509. The Morgan fingerprint density at radius 2 is 1.77 bits per heavy atom. The first-order valence-corrected chi connectivity index (χ1v) is 20.2. The van der Waals surface area contributed by atoms with Crippen LogP contribution in [0.25, 0.3) is 0 Å². The molecule has 1 fully saturated rings. The number of ether oxygens (including phenoxy) is 4. The Morgan fingerprint density at radius 3 is 2.49 bits per heavy atom.